The molecule has 1 saturated heterocycles. The van der Waals surface area contributed by atoms with E-state index in [1.54, 1.807) is 12.1 Å². The third-order valence-corrected chi connectivity index (χ3v) is 7.50. The molecule has 47 heavy (non-hydrogen) atoms. The number of nitrogens with two attached hydrogens (primary N) is 1. The van der Waals surface area contributed by atoms with E-state index in [0.717, 1.165) is 17.3 Å². The molecule has 2 atom stereocenters. The first-order valence-corrected chi connectivity index (χ1v) is 14.3. The van der Waals surface area contributed by atoms with Crippen molar-refractivity contribution in [2.45, 2.75) is 25.2 Å². The Bertz CT molecular complexity index is 2090. The average Bonchev–Trinajstić information content (AvgIpc) is 3.61. The van der Waals surface area contributed by atoms with E-state index >= 15 is 0 Å². The molecule has 0 unspecified atom stereocenters. The summed E-state index contributed by atoms with van der Waals surface area (Å²) in [6, 6.07) is 7.59. The topological polar surface area (TPSA) is 162 Å². The molecule has 1 fully saturated rings. The number of aromatic nitrogens is 6. The van der Waals surface area contributed by atoms with Crippen LogP contribution in [0.4, 0.5) is 19.0 Å². The highest BCUT2D eigenvalue weighted by atomic mass is 35.5. The minimum Gasteiger partial charge on any atom is -0.364 e. The summed E-state index contributed by atoms with van der Waals surface area (Å²) in [6.45, 7) is -0.809. The lowest BCUT2D eigenvalue weighted by Crippen LogP contribution is -2.44. The first-order chi connectivity index (χ1) is 22.6. The van der Waals surface area contributed by atoms with Crippen LogP contribution >= 0.6 is 11.6 Å². The largest absolute Gasteiger partial charge is 0.364 e. The second-order valence-corrected chi connectivity index (χ2v) is 10.8. The Morgan fingerprint density at radius 3 is 2.60 bits per heavy atom. The van der Waals surface area contributed by atoms with Crippen molar-refractivity contribution in [3.05, 3.63) is 94.9 Å². The number of nitrogens with one attached hydrogen (secondary N) is 1. The maximum Gasteiger partial charge on any atom is 0.269 e. The molecule has 0 bridgehead atoms. The molecule has 236 valence electrons. The Balaban J connectivity index is 1.22. The van der Waals surface area contributed by atoms with Crippen LogP contribution in [0, 0.1) is 23.5 Å². The fraction of sp³-hybridized carbons (Fsp3) is 0.161. The van der Waals surface area contributed by atoms with Gasteiger partial charge in [-0.3, -0.25) is 24.0 Å². The number of carbonyl (C=O) groups excluding carboxylic acids is 3. The lowest BCUT2D eigenvalue weighted by atomic mass is 10.1. The Hall–Kier alpha value is -5.88. The summed E-state index contributed by atoms with van der Waals surface area (Å²) in [5.41, 5.74) is 6.24. The Labute approximate surface area is 268 Å². The molecule has 0 aliphatic carbocycles. The van der Waals surface area contributed by atoms with Crippen LogP contribution in [0.5, 0.6) is 0 Å². The standard InChI is InChI=1S/C31H21ClF3N9O3/c32-20-2-1-3-21(35)28(20)22-12-37-13-26(40-22)41-31(47)24-9-17(33)14-43(24)27(45)15-44-23-6-4-16(8-19(23)29(42-44)30(36)46)5-7-25-38-10-18(34)11-39-25/h1-4,6,8,10-13,17,24H,9,14-15H2,(H2,36,46)(H,40,41,47)/t17-,24+/m1/s1. The molecule has 0 spiro atoms. The van der Waals surface area contributed by atoms with E-state index < -0.39 is 48.1 Å². The Morgan fingerprint density at radius 2 is 1.85 bits per heavy atom. The van der Waals surface area contributed by atoms with Crippen LogP contribution in [0.2, 0.25) is 5.02 Å². The van der Waals surface area contributed by atoms with Gasteiger partial charge in [-0.15, -0.1) is 0 Å². The van der Waals surface area contributed by atoms with Crippen molar-refractivity contribution in [1.82, 2.24) is 34.6 Å². The number of carbonyl (C=O) groups is 3. The predicted octanol–water partition coefficient (Wildman–Crippen LogP) is 3.29. The summed E-state index contributed by atoms with van der Waals surface area (Å²) in [6.07, 6.45) is 2.66. The number of fused-ring (bicyclic) bond motifs is 1. The predicted molar refractivity (Wildman–Crippen MR) is 162 cm³/mol. The van der Waals surface area contributed by atoms with Gasteiger partial charge in [-0.25, -0.2) is 28.1 Å². The first kappa shape index (κ1) is 31.1. The van der Waals surface area contributed by atoms with E-state index in [1.165, 1.54) is 41.3 Å². The van der Waals surface area contributed by atoms with Crippen molar-refractivity contribution in [3.8, 4) is 23.1 Å². The number of halogens is 4. The maximum atomic E-state index is 14.6. The van der Waals surface area contributed by atoms with Crippen LogP contribution < -0.4 is 11.1 Å². The van der Waals surface area contributed by atoms with E-state index in [0.29, 0.717) is 16.5 Å². The SMILES string of the molecule is NC(=O)c1nn(CC(=O)N2C[C@H](F)C[C@H]2C(=O)Nc2cncc(-c3c(F)cccc3Cl)n2)c2ccc(C#Cc3ncc(F)cn3)cc12. The second kappa shape index (κ2) is 12.9. The van der Waals surface area contributed by atoms with E-state index in [4.69, 9.17) is 17.3 Å². The molecular formula is C31H21ClF3N9O3. The highest BCUT2D eigenvalue weighted by Gasteiger charge is 2.40. The van der Waals surface area contributed by atoms with Crippen molar-refractivity contribution in [2.75, 3.05) is 11.9 Å². The smallest absolute Gasteiger partial charge is 0.269 e. The zero-order valence-electron chi connectivity index (χ0n) is 24.0. The quantitative estimate of drug-likeness (QED) is 0.263. The third-order valence-electron chi connectivity index (χ3n) is 7.19. The molecule has 5 aromatic rings. The van der Waals surface area contributed by atoms with Gasteiger partial charge < -0.3 is 16.0 Å². The molecule has 4 heterocycles. The third kappa shape index (κ3) is 6.58. The van der Waals surface area contributed by atoms with Gasteiger partial charge in [-0.1, -0.05) is 23.6 Å². The van der Waals surface area contributed by atoms with Gasteiger partial charge in [0, 0.05) is 17.4 Å². The van der Waals surface area contributed by atoms with Crippen LogP contribution in [0.3, 0.4) is 0 Å². The van der Waals surface area contributed by atoms with Gasteiger partial charge in [0.15, 0.2) is 17.3 Å². The van der Waals surface area contributed by atoms with Crippen molar-refractivity contribution < 1.29 is 27.6 Å². The van der Waals surface area contributed by atoms with Crippen molar-refractivity contribution in [3.63, 3.8) is 0 Å². The zero-order valence-corrected chi connectivity index (χ0v) is 24.7. The van der Waals surface area contributed by atoms with Gasteiger partial charge in [0.1, 0.15) is 24.6 Å². The van der Waals surface area contributed by atoms with Crippen molar-refractivity contribution in [1.29, 1.82) is 0 Å². The zero-order chi connectivity index (χ0) is 33.2. The number of rotatable bonds is 6. The van der Waals surface area contributed by atoms with E-state index in [-0.39, 0.29) is 46.6 Å². The van der Waals surface area contributed by atoms with Gasteiger partial charge in [0.2, 0.25) is 17.6 Å². The van der Waals surface area contributed by atoms with Gasteiger partial charge in [-0.2, -0.15) is 5.10 Å². The first-order valence-electron chi connectivity index (χ1n) is 13.9. The van der Waals surface area contributed by atoms with Gasteiger partial charge in [0.25, 0.3) is 5.91 Å². The molecule has 16 heteroatoms. The average molecular weight is 660 g/mol. The molecule has 1 aliphatic heterocycles. The summed E-state index contributed by atoms with van der Waals surface area (Å²) in [4.78, 5) is 55.8. The molecule has 6 rings (SSSR count). The van der Waals surface area contributed by atoms with Crippen LogP contribution in [0.1, 0.15) is 28.3 Å². The van der Waals surface area contributed by atoms with E-state index in [1.807, 2.05) is 0 Å². The molecule has 3 aromatic heterocycles. The highest BCUT2D eigenvalue weighted by molar-refractivity contribution is 6.33. The number of hydrogen-bond donors (Lipinski definition) is 2. The normalized spacial score (nSPS) is 15.7. The van der Waals surface area contributed by atoms with Crippen LogP contribution in [0.25, 0.3) is 22.2 Å². The molecule has 0 radical (unpaired) electrons. The lowest BCUT2D eigenvalue weighted by molar-refractivity contribution is -0.137. The summed E-state index contributed by atoms with van der Waals surface area (Å²) in [5, 5.41) is 7.11. The highest BCUT2D eigenvalue weighted by Crippen LogP contribution is 2.30. The molecule has 3 N–H and O–H groups in total. The molecule has 1 aliphatic rings. The minimum absolute atomic E-state index is 0.0119. The van der Waals surface area contributed by atoms with Gasteiger partial charge in [0.05, 0.1) is 53.1 Å². The molecule has 3 amide bonds. The summed E-state index contributed by atoms with van der Waals surface area (Å²) >= 11 is 6.13. The number of amides is 3. The fourth-order valence-electron chi connectivity index (χ4n) is 5.09. The number of primary amides is 1. The summed E-state index contributed by atoms with van der Waals surface area (Å²) in [7, 11) is 0. The number of anilines is 1. The molecule has 0 saturated carbocycles. The van der Waals surface area contributed by atoms with E-state index in [9.17, 15) is 27.6 Å². The molecule has 12 nitrogen and oxygen atoms in total. The number of benzene rings is 2. The van der Waals surface area contributed by atoms with Crippen molar-refractivity contribution in [2.24, 2.45) is 5.73 Å². The molecular weight excluding hydrogens is 639 g/mol. The lowest BCUT2D eigenvalue weighted by Gasteiger charge is -2.23. The van der Waals surface area contributed by atoms with Crippen LogP contribution in [0.15, 0.2) is 61.2 Å². The maximum absolute atomic E-state index is 14.6. The fourth-order valence-corrected chi connectivity index (χ4v) is 5.35. The number of nitrogens with zero attached hydrogens (tertiary/aromatic N) is 7. The number of alkyl halides is 1. The number of hydrogen-bond acceptors (Lipinski definition) is 8. The Morgan fingerprint density at radius 1 is 1.06 bits per heavy atom. The second-order valence-electron chi connectivity index (χ2n) is 10.3. The van der Waals surface area contributed by atoms with Crippen LogP contribution in [-0.4, -0.2) is 71.1 Å². The monoisotopic (exact) mass is 659 g/mol. The Kier molecular flexibility index (Phi) is 8.51. The van der Waals surface area contributed by atoms with E-state index in [2.05, 4.69) is 42.2 Å². The summed E-state index contributed by atoms with van der Waals surface area (Å²) in [5.74, 6) is 2.01. The minimum atomic E-state index is -1.49. The van der Waals surface area contributed by atoms with Crippen LogP contribution in [-0.2, 0) is 16.1 Å². The molecule has 2 aromatic carbocycles. The summed E-state index contributed by atoms with van der Waals surface area (Å²) < 4.78 is 43.4. The number of likely N-dealkylation sites (tertiary alicyclic amines) is 1. The van der Waals surface area contributed by atoms with Crippen molar-refractivity contribution >= 4 is 46.0 Å². The van der Waals surface area contributed by atoms with Gasteiger partial charge >= 0.3 is 0 Å². The van der Waals surface area contributed by atoms with Gasteiger partial charge in [-0.05, 0) is 36.3 Å².